The second-order valence-corrected chi connectivity index (χ2v) is 6.38. The van der Waals surface area contributed by atoms with Crippen LogP contribution in [0.1, 0.15) is 26.3 Å². The topological polar surface area (TPSA) is 73.8 Å². The molecule has 2 heterocycles. The van der Waals surface area contributed by atoms with Crippen LogP contribution in [0, 0.1) is 0 Å². The third-order valence-electron chi connectivity index (χ3n) is 4.72. The fourth-order valence-electron chi connectivity index (χ4n) is 3.28. The fourth-order valence-corrected chi connectivity index (χ4v) is 3.28. The first kappa shape index (κ1) is 19.9. The number of aromatic nitrogens is 1. The molecule has 142 valence electrons. The van der Waals surface area contributed by atoms with Crippen LogP contribution < -0.4 is 21.5 Å². The van der Waals surface area contributed by atoms with Crippen LogP contribution >= 0.6 is 0 Å². The number of aliphatic hydroxyl groups is 1. The molecule has 2 aromatic carbocycles. The van der Waals surface area contributed by atoms with Gasteiger partial charge in [0.1, 0.15) is 6.61 Å². The summed E-state index contributed by atoms with van der Waals surface area (Å²) >= 11 is 0. The van der Waals surface area contributed by atoms with Gasteiger partial charge in [-0.25, -0.2) is 4.57 Å². The molecule has 2 amide bonds. The molecule has 0 radical (unpaired) electrons. The van der Waals surface area contributed by atoms with Gasteiger partial charge in [0.05, 0.1) is 5.69 Å². The maximum absolute atomic E-state index is 12.4. The third-order valence-corrected chi connectivity index (χ3v) is 4.72. The smallest absolute Gasteiger partial charge is 0.261 e. The highest BCUT2D eigenvalue weighted by atomic mass is 79.9. The number of aliphatic hydroxyl groups excluding tert-OH is 1. The summed E-state index contributed by atoms with van der Waals surface area (Å²) in [6.45, 7) is 0.633. The standard InChI is InChI=1S/C21H18N3O3.BrH/c1-23-20(26)16-4-2-3-15-18(6-5-17(19(15)16)21(23)27)22-13-14-7-9-24(10-8-14)11-12-25;/h2-10,13,25H,11-12H2,1H3;1H/q+1;/p-1/b22-13+;. The molecule has 6 nitrogen and oxygen atoms in total. The van der Waals surface area contributed by atoms with Crippen LogP contribution in [0.25, 0.3) is 10.8 Å². The quantitative estimate of drug-likeness (QED) is 0.325. The molecule has 1 aromatic heterocycles. The molecule has 0 saturated heterocycles. The number of carbonyl (C=O) groups excluding carboxylic acids is 2. The van der Waals surface area contributed by atoms with Gasteiger partial charge in [-0.15, -0.1) is 0 Å². The van der Waals surface area contributed by atoms with Crippen molar-refractivity contribution in [2.24, 2.45) is 4.99 Å². The highest BCUT2D eigenvalue weighted by Gasteiger charge is 2.30. The Balaban J connectivity index is 0.00000225. The summed E-state index contributed by atoms with van der Waals surface area (Å²) in [5, 5.41) is 10.4. The maximum atomic E-state index is 12.4. The normalized spacial score (nSPS) is 13.3. The molecule has 4 rings (SSSR count). The monoisotopic (exact) mass is 439 g/mol. The Hall–Kier alpha value is -2.90. The van der Waals surface area contributed by atoms with Gasteiger partial charge in [0.25, 0.3) is 11.8 Å². The van der Waals surface area contributed by atoms with Crippen LogP contribution in [-0.2, 0) is 6.54 Å². The minimum atomic E-state index is -0.296. The molecule has 0 unspecified atom stereocenters. The second-order valence-electron chi connectivity index (χ2n) is 6.38. The summed E-state index contributed by atoms with van der Waals surface area (Å²) in [6.07, 6.45) is 5.50. The van der Waals surface area contributed by atoms with Crippen molar-refractivity contribution >= 4 is 34.5 Å². The number of halogens is 1. The highest BCUT2D eigenvalue weighted by molar-refractivity contribution is 6.26. The number of amides is 2. The number of imide groups is 1. The van der Waals surface area contributed by atoms with Crippen LogP contribution in [-0.4, -0.2) is 41.7 Å². The molecule has 0 atom stereocenters. The fraction of sp³-hybridized carbons (Fsp3) is 0.143. The van der Waals surface area contributed by atoms with Crippen molar-refractivity contribution in [2.75, 3.05) is 13.7 Å². The summed E-state index contributed by atoms with van der Waals surface area (Å²) in [4.78, 5) is 30.6. The number of pyridine rings is 1. The maximum Gasteiger partial charge on any atom is 0.261 e. The minimum Gasteiger partial charge on any atom is -1.00 e. The predicted molar refractivity (Wildman–Crippen MR) is 101 cm³/mol. The number of hydrogen-bond acceptors (Lipinski definition) is 4. The molecular weight excluding hydrogens is 422 g/mol. The van der Waals surface area contributed by atoms with Gasteiger partial charge in [-0.2, -0.15) is 0 Å². The largest absolute Gasteiger partial charge is 1.00 e. The van der Waals surface area contributed by atoms with Crippen molar-refractivity contribution in [1.29, 1.82) is 0 Å². The van der Waals surface area contributed by atoms with Crippen LogP contribution in [0.2, 0.25) is 0 Å². The molecule has 0 spiro atoms. The van der Waals surface area contributed by atoms with E-state index in [2.05, 4.69) is 4.99 Å². The lowest BCUT2D eigenvalue weighted by atomic mass is 9.93. The Bertz CT molecular complexity index is 1070. The van der Waals surface area contributed by atoms with Crippen LogP contribution in [0.15, 0.2) is 59.9 Å². The highest BCUT2D eigenvalue weighted by Crippen LogP contribution is 2.35. The molecule has 0 aliphatic carbocycles. The molecule has 0 bridgehead atoms. The Morgan fingerprint density at radius 2 is 1.71 bits per heavy atom. The van der Waals surface area contributed by atoms with Crippen LogP contribution in [0.4, 0.5) is 5.69 Å². The number of aliphatic imine (C=N–C) groups is 1. The zero-order valence-electron chi connectivity index (χ0n) is 15.2. The minimum absolute atomic E-state index is 0. The average molecular weight is 440 g/mol. The molecule has 1 N–H and O–H groups in total. The molecule has 3 aromatic rings. The lowest BCUT2D eigenvalue weighted by Crippen LogP contribution is -3.00. The zero-order valence-corrected chi connectivity index (χ0v) is 16.8. The Labute approximate surface area is 172 Å². The summed E-state index contributed by atoms with van der Waals surface area (Å²) in [5.74, 6) is -0.591. The molecule has 28 heavy (non-hydrogen) atoms. The predicted octanol–water partition coefficient (Wildman–Crippen LogP) is -0.900. The first-order chi connectivity index (χ1) is 13.1. The van der Waals surface area contributed by atoms with E-state index < -0.39 is 0 Å². The summed E-state index contributed by atoms with van der Waals surface area (Å²) in [7, 11) is 1.50. The van der Waals surface area contributed by atoms with E-state index in [1.54, 1.807) is 24.4 Å². The third kappa shape index (κ3) is 3.34. The van der Waals surface area contributed by atoms with Crippen molar-refractivity contribution < 1.29 is 36.2 Å². The average Bonchev–Trinajstić information content (AvgIpc) is 2.70. The number of hydrogen-bond donors (Lipinski definition) is 1. The van der Waals surface area contributed by atoms with E-state index in [9.17, 15) is 9.59 Å². The number of benzene rings is 2. The van der Waals surface area contributed by atoms with E-state index >= 15 is 0 Å². The van der Waals surface area contributed by atoms with Gasteiger partial charge < -0.3 is 22.1 Å². The zero-order chi connectivity index (χ0) is 19.0. The van der Waals surface area contributed by atoms with Crippen molar-refractivity contribution in [3.63, 3.8) is 0 Å². The van der Waals surface area contributed by atoms with E-state index in [0.717, 1.165) is 15.8 Å². The molecule has 1 aliphatic rings. The van der Waals surface area contributed by atoms with E-state index in [4.69, 9.17) is 5.11 Å². The molecule has 0 saturated carbocycles. The van der Waals surface area contributed by atoms with Crippen molar-refractivity contribution in [2.45, 2.75) is 6.54 Å². The van der Waals surface area contributed by atoms with Gasteiger partial charge in [-0.05, 0) is 18.2 Å². The molecule has 1 aliphatic heterocycles. The Kier molecular flexibility index (Phi) is 5.67. The Morgan fingerprint density at radius 1 is 1.04 bits per heavy atom. The first-order valence-corrected chi connectivity index (χ1v) is 8.62. The lowest BCUT2D eigenvalue weighted by molar-refractivity contribution is -0.698. The summed E-state index contributed by atoms with van der Waals surface area (Å²) < 4.78 is 1.88. The lowest BCUT2D eigenvalue weighted by Gasteiger charge is -2.24. The first-order valence-electron chi connectivity index (χ1n) is 8.62. The van der Waals surface area contributed by atoms with Crippen molar-refractivity contribution in [3.8, 4) is 0 Å². The van der Waals surface area contributed by atoms with Gasteiger partial charge >= 0.3 is 0 Å². The number of carbonyl (C=O) groups is 2. The Morgan fingerprint density at radius 3 is 2.39 bits per heavy atom. The van der Waals surface area contributed by atoms with Gasteiger partial charge in [-0.1, -0.05) is 12.1 Å². The summed E-state index contributed by atoms with van der Waals surface area (Å²) in [6, 6.07) is 12.8. The van der Waals surface area contributed by atoms with E-state index in [-0.39, 0.29) is 35.4 Å². The van der Waals surface area contributed by atoms with Gasteiger partial charge in [0.15, 0.2) is 18.9 Å². The number of nitrogens with zero attached hydrogens (tertiary/aromatic N) is 3. The van der Waals surface area contributed by atoms with Gasteiger partial charge in [0, 0.05) is 52.9 Å². The number of rotatable bonds is 4. The second kappa shape index (κ2) is 8.00. The molecular formula is C21H18BrN3O3. The molecule has 0 fully saturated rings. The van der Waals surface area contributed by atoms with E-state index in [1.807, 2.05) is 41.2 Å². The van der Waals surface area contributed by atoms with Gasteiger partial charge in [-0.3, -0.25) is 19.5 Å². The summed E-state index contributed by atoms with van der Waals surface area (Å²) in [5.41, 5.74) is 2.65. The van der Waals surface area contributed by atoms with Crippen LogP contribution in [0.5, 0.6) is 0 Å². The molecule has 7 heteroatoms. The van der Waals surface area contributed by atoms with Crippen LogP contribution in [0.3, 0.4) is 0 Å². The van der Waals surface area contributed by atoms with E-state index in [0.29, 0.717) is 28.7 Å². The van der Waals surface area contributed by atoms with E-state index in [1.165, 1.54) is 7.05 Å². The van der Waals surface area contributed by atoms with Gasteiger partial charge in [0.2, 0.25) is 0 Å². The SMILES string of the molecule is CN1C(=O)c2cccc3c(/N=C/c4cc[n+](CCO)cc4)ccc(c23)C1=O.[Br-]. The van der Waals surface area contributed by atoms with Crippen molar-refractivity contribution in [1.82, 2.24) is 4.90 Å². The van der Waals surface area contributed by atoms with Crippen molar-refractivity contribution in [3.05, 3.63) is 71.5 Å².